The van der Waals surface area contributed by atoms with Gasteiger partial charge in [-0.15, -0.1) is 0 Å². The minimum atomic E-state index is -0.744. The van der Waals surface area contributed by atoms with Crippen molar-refractivity contribution < 1.29 is 9.53 Å². The topological polar surface area (TPSA) is 55.6 Å². The first kappa shape index (κ1) is 15.8. The molecule has 4 heteroatoms. The van der Waals surface area contributed by atoms with Gasteiger partial charge in [0.25, 0.3) is 0 Å². The maximum atomic E-state index is 12.0. The lowest BCUT2D eigenvalue weighted by atomic mass is 9.78. The standard InChI is InChI=1S/C16H30N2O2/c1-4-15(3)8-10-18(11-9-15)13-6-7-16(17,12-13)14(19)20-5-2/h13H,4-12,17H2,1-3H3. The molecule has 1 saturated carbocycles. The molecule has 0 amide bonds. The zero-order valence-electron chi connectivity index (χ0n) is 13.3. The number of ether oxygens (including phenoxy) is 1. The van der Waals surface area contributed by atoms with Crippen LogP contribution < -0.4 is 5.73 Å². The van der Waals surface area contributed by atoms with Gasteiger partial charge in [-0.3, -0.25) is 4.79 Å². The minimum absolute atomic E-state index is 0.210. The molecule has 0 bridgehead atoms. The highest BCUT2D eigenvalue weighted by Crippen LogP contribution is 2.38. The fraction of sp³-hybridized carbons (Fsp3) is 0.938. The lowest BCUT2D eigenvalue weighted by Gasteiger charge is -2.41. The number of nitrogens with zero attached hydrogens (tertiary/aromatic N) is 1. The van der Waals surface area contributed by atoms with E-state index in [1.807, 2.05) is 6.92 Å². The Morgan fingerprint density at radius 2 is 1.95 bits per heavy atom. The summed E-state index contributed by atoms with van der Waals surface area (Å²) in [5.74, 6) is -0.210. The second-order valence-electron chi connectivity index (χ2n) is 6.97. The molecule has 2 atom stereocenters. The number of hydrogen-bond acceptors (Lipinski definition) is 4. The monoisotopic (exact) mass is 282 g/mol. The van der Waals surface area contributed by atoms with Crippen LogP contribution in [0.2, 0.25) is 0 Å². The molecule has 0 aromatic heterocycles. The summed E-state index contributed by atoms with van der Waals surface area (Å²) < 4.78 is 5.13. The number of carbonyl (C=O) groups is 1. The van der Waals surface area contributed by atoms with Crippen molar-refractivity contribution in [1.29, 1.82) is 0 Å². The quantitative estimate of drug-likeness (QED) is 0.804. The van der Waals surface area contributed by atoms with Gasteiger partial charge < -0.3 is 15.4 Å². The largest absolute Gasteiger partial charge is 0.465 e. The van der Waals surface area contributed by atoms with Crippen LogP contribution in [0.25, 0.3) is 0 Å². The fourth-order valence-corrected chi connectivity index (χ4v) is 3.60. The lowest BCUT2D eigenvalue weighted by Crippen LogP contribution is -2.49. The SMILES string of the molecule is CCOC(=O)C1(N)CCC(N2CCC(C)(CC)CC2)C1. The van der Waals surface area contributed by atoms with Gasteiger partial charge in [0.2, 0.25) is 0 Å². The molecule has 0 aromatic carbocycles. The molecule has 2 unspecified atom stereocenters. The summed E-state index contributed by atoms with van der Waals surface area (Å²) in [4.78, 5) is 14.5. The second-order valence-corrected chi connectivity index (χ2v) is 6.97. The second kappa shape index (κ2) is 6.02. The van der Waals surface area contributed by atoms with Crippen molar-refractivity contribution in [2.75, 3.05) is 19.7 Å². The van der Waals surface area contributed by atoms with E-state index >= 15 is 0 Å². The first-order chi connectivity index (χ1) is 9.42. The summed E-state index contributed by atoms with van der Waals surface area (Å²) in [5, 5.41) is 0. The van der Waals surface area contributed by atoms with Gasteiger partial charge in [0.1, 0.15) is 5.54 Å². The van der Waals surface area contributed by atoms with E-state index in [0.717, 1.165) is 32.4 Å². The number of likely N-dealkylation sites (tertiary alicyclic amines) is 1. The Bertz CT molecular complexity index is 350. The Morgan fingerprint density at radius 1 is 1.30 bits per heavy atom. The van der Waals surface area contributed by atoms with Gasteiger partial charge in [-0.25, -0.2) is 0 Å². The zero-order valence-corrected chi connectivity index (χ0v) is 13.3. The summed E-state index contributed by atoms with van der Waals surface area (Å²) >= 11 is 0. The van der Waals surface area contributed by atoms with Crippen molar-refractivity contribution in [1.82, 2.24) is 4.90 Å². The Kier molecular flexibility index (Phi) is 4.75. The van der Waals surface area contributed by atoms with E-state index in [-0.39, 0.29) is 5.97 Å². The first-order valence-electron chi connectivity index (χ1n) is 8.12. The van der Waals surface area contributed by atoms with E-state index in [9.17, 15) is 4.79 Å². The lowest BCUT2D eigenvalue weighted by molar-refractivity contribution is -0.149. The van der Waals surface area contributed by atoms with Gasteiger partial charge in [0.05, 0.1) is 6.61 Å². The van der Waals surface area contributed by atoms with Crippen LogP contribution in [-0.2, 0) is 9.53 Å². The van der Waals surface area contributed by atoms with E-state index < -0.39 is 5.54 Å². The van der Waals surface area contributed by atoms with Crippen molar-refractivity contribution in [3.63, 3.8) is 0 Å². The van der Waals surface area contributed by atoms with Gasteiger partial charge in [-0.2, -0.15) is 0 Å². The van der Waals surface area contributed by atoms with Gasteiger partial charge in [-0.1, -0.05) is 20.3 Å². The van der Waals surface area contributed by atoms with Crippen molar-refractivity contribution >= 4 is 5.97 Å². The molecule has 20 heavy (non-hydrogen) atoms. The molecule has 2 N–H and O–H groups in total. The molecule has 1 saturated heterocycles. The highest BCUT2D eigenvalue weighted by Gasteiger charge is 2.45. The third-order valence-corrected chi connectivity index (χ3v) is 5.58. The summed E-state index contributed by atoms with van der Waals surface area (Å²) in [6.45, 7) is 9.23. The highest BCUT2D eigenvalue weighted by atomic mass is 16.5. The van der Waals surface area contributed by atoms with Crippen LogP contribution in [0.5, 0.6) is 0 Å². The Labute approximate surface area is 123 Å². The minimum Gasteiger partial charge on any atom is -0.465 e. The summed E-state index contributed by atoms with van der Waals surface area (Å²) in [7, 11) is 0. The van der Waals surface area contributed by atoms with Crippen LogP contribution in [0.15, 0.2) is 0 Å². The molecular formula is C16H30N2O2. The maximum Gasteiger partial charge on any atom is 0.326 e. The van der Waals surface area contributed by atoms with E-state index in [1.54, 1.807) is 0 Å². The number of hydrogen-bond donors (Lipinski definition) is 1. The van der Waals surface area contributed by atoms with Crippen LogP contribution in [0.3, 0.4) is 0 Å². The molecule has 4 nitrogen and oxygen atoms in total. The van der Waals surface area contributed by atoms with Gasteiger partial charge in [0.15, 0.2) is 0 Å². The van der Waals surface area contributed by atoms with Crippen LogP contribution in [-0.4, -0.2) is 42.1 Å². The molecule has 0 spiro atoms. The van der Waals surface area contributed by atoms with Crippen molar-refractivity contribution in [3.8, 4) is 0 Å². The summed E-state index contributed by atoms with van der Waals surface area (Å²) in [5.41, 5.74) is 6.03. The number of esters is 1. The third kappa shape index (κ3) is 3.17. The number of rotatable bonds is 4. The van der Waals surface area contributed by atoms with E-state index in [4.69, 9.17) is 10.5 Å². The van der Waals surface area contributed by atoms with Crippen molar-refractivity contribution in [3.05, 3.63) is 0 Å². The normalized spacial score (nSPS) is 34.1. The number of piperidine rings is 1. The van der Waals surface area contributed by atoms with E-state index in [2.05, 4.69) is 18.7 Å². The number of nitrogens with two attached hydrogens (primary N) is 1. The van der Waals surface area contributed by atoms with Crippen LogP contribution in [0.1, 0.15) is 59.3 Å². The molecular weight excluding hydrogens is 252 g/mol. The Morgan fingerprint density at radius 3 is 2.50 bits per heavy atom. The summed E-state index contributed by atoms with van der Waals surface area (Å²) in [6, 6.07) is 0.464. The third-order valence-electron chi connectivity index (χ3n) is 5.58. The average molecular weight is 282 g/mol. The summed E-state index contributed by atoms with van der Waals surface area (Å²) in [6.07, 6.45) is 6.33. The van der Waals surface area contributed by atoms with Gasteiger partial charge in [-0.05, 0) is 57.5 Å². The van der Waals surface area contributed by atoms with E-state index in [1.165, 1.54) is 19.3 Å². The van der Waals surface area contributed by atoms with Gasteiger partial charge in [0, 0.05) is 6.04 Å². The van der Waals surface area contributed by atoms with Crippen molar-refractivity contribution in [2.24, 2.45) is 11.1 Å². The molecule has 2 aliphatic rings. The maximum absolute atomic E-state index is 12.0. The van der Waals surface area contributed by atoms with Crippen LogP contribution >= 0.6 is 0 Å². The first-order valence-corrected chi connectivity index (χ1v) is 8.12. The molecule has 116 valence electrons. The van der Waals surface area contributed by atoms with Crippen molar-refractivity contribution in [2.45, 2.75) is 70.9 Å². The Balaban J connectivity index is 1.89. The molecule has 1 aliphatic heterocycles. The average Bonchev–Trinajstić information content (AvgIpc) is 2.84. The highest BCUT2D eigenvalue weighted by molar-refractivity contribution is 5.81. The number of carbonyl (C=O) groups excluding carboxylic acids is 1. The molecule has 1 heterocycles. The molecule has 1 aliphatic carbocycles. The predicted octanol–water partition coefficient (Wildman–Crippen LogP) is 2.31. The van der Waals surface area contributed by atoms with Gasteiger partial charge >= 0.3 is 5.97 Å². The Hall–Kier alpha value is -0.610. The van der Waals surface area contributed by atoms with Crippen LogP contribution in [0, 0.1) is 5.41 Å². The predicted molar refractivity (Wildman–Crippen MR) is 80.4 cm³/mol. The van der Waals surface area contributed by atoms with E-state index in [0.29, 0.717) is 18.1 Å². The smallest absolute Gasteiger partial charge is 0.326 e. The zero-order chi connectivity index (χ0) is 14.8. The fourth-order valence-electron chi connectivity index (χ4n) is 3.60. The molecule has 2 fully saturated rings. The molecule has 0 aromatic rings. The molecule has 2 rings (SSSR count). The molecule has 0 radical (unpaired) electrons. The van der Waals surface area contributed by atoms with Crippen LogP contribution in [0.4, 0.5) is 0 Å².